The molecule has 0 aliphatic heterocycles. The third kappa shape index (κ3) is 4.38. The number of hydrogen-bond acceptors (Lipinski definition) is 7. The van der Waals surface area contributed by atoms with E-state index in [0.717, 1.165) is 11.1 Å². The highest BCUT2D eigenvalue weighted by Gasteiger charge is 2.16. The van der Waals surface area contributed by atoms with Crippen molar-refractivity contribution in [3.8, 4) is 34.3 Å². The Bertz CT molecular complexity index is 1280. The van der Waals surface area contributed by atoms with Gasteiger partial charge in [0.2, 0.25) is 11.7 Å². The van der Waals surface area contributed by atoms with Crippen LogP contribution in [-0.4, -0.2) is 48.7 Å². The number of hydrogen-bond donors (Lipinski definition) is 1. The first-order chi connectivity index (χ1) is 16.1. The number of para-hydroxylation sites is 1. The van der Waals surface area contributed by atoms with Crippen LogP contribution < -0.4 is 24.3 Å². The van der Waals surface area contributed by atoms with Gasteiger partial charge in [0.25, 0.3) is 0 Å². The van der Waals surface area contributed by atoms with Crippen molar-refractivity contribution in [2.24, 2.45) is 0 Å². The van der Waals surface area contributed by atoms with E-state index in [0.29, 0.717) is 40.2 Å². The number of amides is 1. The zero-order chi connectivity index (χ0) is 23.4. The lowest BCUT2D eigenvalue weighted by Crippen LogP contribution is -2.16. The fourth-order valence-corrected chi connectivity index (χ4v) is 3.57. The molecule has 4 rings (SSSR count). The summed E-state index contributed by atoms with van der Waals surface area (Å²) in [6, 6.07) is 11.0. The minimum absolute atomic E-state index is 0.169. The Morgan fingerprint density at radius 1 is 0.909 bits per heavy atom. The summed E-state index contributed by atoms with van der Waals surface area (Å²) < 4.78 is 23.4. The lowest BCUT2D eigenvalue weighted by atomic mass is 10.1. The highest BCUT2D eigenvalue weighted by Crippen LogP contribution is 2.40. The van der Waals surface area contributed by atoms with Crippen molar-refractivity contribution >= 4 is 17.4 Å². The molecule has 0 spiro atoms. The van der Waals surface area contributed by atoms with Gasteiger partial charge in [-0.3, -0.25) is 14.2 Å². The van der Waals surface area contributed by atoms with E-state index in [4.69, 9.17) is 18.9 Å². The van der Waals surface area contributed by atoms with Crippen molar-refractivity contribution in [3.05, 3.63) is 60.6 Å². The smallest absolute Gasteiger partial charge is 0.230 e. The van der Waals surface area contributed by atoms with Gasteiger partial charge in [-0.2, -0.15) is 0 Å². The minimum atomic E-state index is -0.188. The quantitative estimate of drug-likeness (QED) is 0.440. The molecule has 0 saturated carbocycles. The first-order valence-corrected chi connectivity index (χ1v) is 10.1. The Morgan fingerprint density at radius 2 is 1.61 bits per heavy atom. The van der Waals surface area contributed by atoms with Crippen LogP contribution >= 0.6 is 0 Å². The van der Waals surface area contributed by atoms with E-state index < -0.39 is 0 Å². The summed E-state index contributed by atoms with van der Waals surface area (Å²) in [6.45, 7) is 0. The molecule has 0 saturated heterocycles. The Kier molecular flexibility index (Phi) is 6.30. The van der Waals surface area contributed by atoms with E-state index in [-0.39, 0.29) is 12.3 Å². The lowest BCUT2D eigenvalue weighted by Gasteiger charge is -2.14. The number of methoxy groups -OCH3 is 4. The number of aromatic nitrogens is 3. The number of nitrogens with one attached hydrogen (secondary N) is 1. The van der Waals surface area contributed by atoms with Gasteiger partial charge in [0.05, 0.1) is 52.9 Å². The van der Waals surface area contributed by atoms with Crippen molar-refractivity contribution < 1.29 is 23.7 Å². The van der Waals surface area contributed by atoms with Gasteiger partial charge < -0.3 is 24.3 Å². The van der Waals surface area contributed by atoms with E-state index in [1.54, 1.807) is 51.4 Å². The molecule has 0 unspecified atom stereocenters. The van der Waals surface area contributed by atoms with Crippen molar-refractivity contribution in [1.82, 2.24) is 14.4 Å². The van der Waals surface area contributed by atoms with Crippen LogP contribution in [-0.2, 0) is 11.2 Å². The van der Waals surface area contributed by atoms with Crippen molar-refractivity contribution in [2.75, 3.05) is 33.8 Å². The fraction of sp³-hybridized carbons (Fsp3) is 0.208. The van der Waals surface area contributed by atoms with E-state index >= 15 is 0 Å². The summed E-state index contributed by atoms with van der Waals surface area (Å²) in [4.78, 5) is 21.5. The molecule has 2 heterocycles. The van der Waals surface area contributed by atoms with Crippen molar-refractivity contribution in [1.29, 1.82) is 0 Å². The minimum Gasteiger partial charge on any atom is -0.496 e. The standard InChI is InChI=1S/C24H24N4O5/c1-30-18-8-6-5-7-15(18)11-23(29)27-22-13-26-21-12-25-17(14-28(21)22)16-9-19(31-2)24(33-4)20(10-16)32-3/h5-10,12-14H,11H2,1-4H3,(H,27,29). The molecule has 9 nitrogen and oxygen atoms in total. The fourth-order valence-electron chi connectivity index (χ4n) is 3.57. The van der Waals surface area contributed by atoms with E-state index in [1.165, 1.54) is 0 Å². The van der Waals surface area contributed by atoms with Gasteiger partial charge in [0.15, 0.2) is 17.1 Å². The topological polar surface area (TPSA) is 96.2 Å². The second kappa shape index (κ2) is 9.47. The van der Waals surface area contributed by atoms with Gasteiger partial charge in [0, 0.05) is 17.3 Å². The summed E-state index contributed by atoms with van der Waals surface area (Å²) in [5.41, 5.74) is 2.79. The number of fused-ring (bicyclic) bond motifs is 1. The normalized spacial score (nSPS) is 10.7. The largest absolute Gasteiger partial charge is 0.496 e. The van der Waals surface area contributed by atoms with Crippen molar-refractivity contribution in [2.45, 2.75) is 6.42 Å². The number of ether oxygens (including phenoxy) is 4. The SMILES string of the molecule is COc1ccccc1CC(=O)Nc1cnc2cnc(-c3cc(OC)c(OC)c(OC)c3)cn12. The molecule has 2 aromatic heterocycles. The zero-order valence-corrected chi connectivity index (χ0v) is 18.8. The summed E-state index contributed by atoms with van der Waals surface area (Å²) in [5.74, 6) is 2.54. The van der Waals surface area contributed by atoms with Crippen LogP contribution in [0, 0.1) is 0 Å². The molecule has 0 atom stereocenters. The van der Waals surface area contributed by atoms with Gasteiger partial charge >= 0.3 is 0 Å². The first kappa shape index (κ1) is 21.9. The van der Waals surface area contributed by atoms with E-state index in [1.807, 2.05) is 36.4 Å². The number of anilines is 1. The lowest BCUT2D eigenvalue weighted by molar-refractivity contribution is -0.115. The average molecular weight is 448 g/mol. The van der Waals surface area contributed by atoms with Crippen molar-refractivity contribution in [3.63, 3.8) is 0 Å². The van der Waals surface area contributed by atoms with Crippen LogP contribution in [0.1, 0.15) is 5.56 Å². The van der Waals surface area contributed by atoms with Gasteiger partial charge in [-0.25, -0.2) is 4.98 Å². The van der Waals surface area contributed by atoms with Gasteiger partial charge in [-0.05, 0) is 18.2 Å². The second-order valence-corrected chi connectivity index (χ2v) is 7.09. The Balaban J connectivity index is 1.65. The molecular formula is C24H24N4O5. The maximum Gasteiger partial charge on any atom is 0.230 e. The first-order valence-electron chi connectivity index (χ1n) is 10.1. The Morgan fingerprint density at radius 3 is 2.27 bits per heavy atom. The third-order valence-corrected chi connectivity index (χ3v) is 5.17. The van der Waals surface area contributed by atoms with Crippen LogP contribution in [0.5, 0.6) is 23.0 Å². The van der Waals surface area contributed by atoms with Gasteiger partial charge in [-0.15, -0.1) is 0 Å². The molecule has 0 radical (unpaired) electrons. The van der Waals surface area contributed by atoms with E-state index in [9.17, 15) is 4.79 Å². The summed E-state index contributed by atoms with van der Waals surface area (Å²) in [7, 11) is 6.25. The average Bonchev–Trinajstić information content (AvgIpc) is 3.25. The highest BCUT2D eigenvalue weighted by atomic mass is 16.5. The summed E-state index contributed by atoms with van der Waals surface area (Å²) in [6.07, 6.45) is 5.19. The molecule has 1 N–H and O–H groups in total. The molecule has 0 aliphatic carbocycles. The van der Waals surface area contributed by atoms with Crippen LogP contribution in [0.3, 0.4) is 0 Å². The second-order valence-electron chi connectivity index (χ2n) is 7.09. The number of imidazole rings is 1. The molecule has 1 amide bonds. The molecule has 9 heteroatoms. The molecule has 2 aromatic carbocycles. The molecule has 4 aromatic rings. The number of nitrogens with zero attached hydrogens (tertiary/aromatic N) is 3. The molecule has 0 fully saturated rings. The number of carbonyl (C=O) groups excluding carboxylic acids is 1. The summed E-state index contributed by atoms with van der Waals surface area (Å²) in [5, 5.41) is 2.92. The molecular weight excluding hydrogens is 424 g/mol. The number of carbonyl (C=O) groups is 1. The van der Waals surface area contributed by atoms with Gasteiger partial charge in [-0.1, -0.05) is 18.2 Å². The molecule has 170 valence electrons. The Labute approximate surface area is 190 Å². The number of benzene rings is 2. The highest BCUT2D eigenvalue weighted by molar-refractivity contribution is 5.92. The monoisotopic (exact) mass is 448 g/mol. The summed E-state index contributed by atoms with van der Waals surface area (Å²) >= 11 is 0. The number of rotatable bonds is 8. The molecule has 0 aliphatic rings. The van der Waals surface area contributed by atoms with Crippen LogP contribution in [0.2, 0.25) is 0 Å². The van der Waals surface area contributed by atoms with E-state index in [2.05, 4.69) is 15.3 Å². The Hall–Kier alpha value is -4.27. The maximum absolute atomic E-state index is 12.7. The van der Waals surface area contributed by atoms with Crippen LogP contribution in [0.25, 0.3) is 16.9 Å². The van der Waals surface area contributed by atoms with Gasteiger partial charge in [0.1, 0.15) is 11.6 Å². The van der Waals surface area contributed by atoms with Crippen LogP contribution in [0.4, 0.5) is 5.82 Å². The predicted molar refractivity (Wildman–Crippen MR) is 123 cm³/mol. The predicted octanol–water partition coefficient (Wildman–Crippen LogP) is 3.61. The molecule has 33 heavy (non-hydrogen) atoms. The molecule has 0 bridgehead atoms. The van der Waals surface area contributed by atoms with Crippen LogP contribution in [0.15, 0.2) is 55.0 Å². The third-order valence-electron chi connectivity index (χ3n) is 5.17. The zero-order valence-electron chi connectivity index (χ0n) is 18.8. The maximum atomic E-state index is 12.7.